The van der Waals surface area contributed by atoms with Gasteiger partial charge >= 0.3 is 0 Å². The smallest absolute Gasteiger partial charge is 0.0398 e. The van der Waals surface area contributed by atoms with Gasteiger partial charge in [-0.2, -0.15) is 0 Å². The van der Waals surface area contributed by atoms with Gasteiger partial charge in [0.1, 0.15) is 0 Å². The summed E-state index contributed by atoms with van der Waals surface area (Å²) in [5.74, 6) is 0. The molecule has 0 saturated heterocycles. The largest absolute Gasteiger partial charge is 0.371 e. The predicted molar refractivity (Wildman–Crippen MR) is 87.6 cm³/mol. The Balaban J connectivity index is 2.07. The third-order valence-electron chi connectivity index (χ3n) is 4.28. The third-order valence-corrected chi connectivity index (χ3v) is 4.28. The van der Waals surface area contributed by atoms with Crippen LogP contribution < -0.4 is 10.2 Å². The van der Waals surface area contributed by atoms with Crippen LogP contribution in [0.2, 0.25) is 0 Å². The van der Waals surface area contributed by atoms with Crippen LogP contribution in [0, 0.1) is 0 Å². The lowest BCUT2D eigenvalue weighted by Gasteiger charge is -2.32. The van der Waals surface area contributed by atoms with Crippen molar-refractivity contribution >= 4 is 5.69 Å². The first-order chi connectivity index (χ1) is 9.61. The first-order valence-corrected chi connectivity index (χ1v) is 7.81. The monoisotopic (exact) mass is 275 g/mol. The SMILES string of the molecule is CNC(C)c1ccc2c(c1)CCCN2CCCN(C)C. The first kappa shape index (κ1) is 15.3. The van der Waals surface area contributed by atoms with Crippen molar-refractivity contribution in [3.63, 3.8) is 0 Å². The summed E-state index contributed by atoms with van der Waals surface area (Å²) in [6.45, 7) is 5.77. The van der Waals surface area contributed by atoms with Gasteiger partial charge in [-0.05, 0) is 71.1 Å². The van der Waals surface area contributed by atoms with Gasteiger partial charge in [0.05, 0.1) is 0 Å². The van der Waals surface area contributed by atoms with E-state index in [-0.39, 0.29) is 0 Å². The average molecular weight is 275 g/mol. The molecule has 0 amide bonds. The van der Waals surface area contributed by atoms with Crippen molar-refractivity contribution in [1.29, 1.82) is 0 Å². The van der Waals surface area contributed by atoms with E-state index in [9.17, 15) is 0 Å². The molecule has 0 radical (unpaired) electrons. The molecule has 2 rings (SSSR count). The van der Waals surface area contributed by atoms with E-state index >= 15 is 0 Å². The zero-order chi connectivity index (χ0) is 14.5. The van der Waals surface area contributed by atoms with Crippen LogP contribution in [0.15, 0.2) is 18.2 Å². The van der Waals surface area contributed by atoms with E-state index in [1.54, 1.807) is 0 Å². The fraction of sp³-hybridized carbons (Fsp3) is 0.647. The van der Waals surface area contributed by atoms with Gasteiger partial charge in [0, 0.05) is 24.8 Å². The molecule has 1 atom stereocenters. The lowest BCUT2D eigenvalue weighted by atomic mass is 9.96. The summed E-state index contributed by atoms with van der Waals surface area (Å²) in [7, 11) is 6.32. The standard InChI is InChI=1S/C17H29N3/c1-14(18-2)15-8-9-17-16(13-15)7-5-11-20(17)12-6-10-19(3)4/h8-9,13-14,18H,5-7,10-12H2,1-4H3. The molecule has 0 saturated carbocycles. The van der Waals surface area contributed by atoms with Crippen LogP contribution in [0.25, 0.3) is 0 Å². The van der Waals surface area contributed by atoms with Crippen LogP contribution in [0.4, 0.5) is 5.69 Å². The zero-order valence-corrected chi connectivity index (χ0v) is 13.4. The predicted octanol–water partition coefficient (Wildman–Crippen LogP) is 2.67. The fourth-order valence-corrected chi connectivity index (χ4v) is 2.94. The Morgan fingerprint density at radius 2 is 2.15 bits per heavy atom. The van der Waals surface area contributed by atoms with Gasteiger partial charge in [-0.3, -0.25) is 0 Å². The highest BCUT2D eigenvalue weighted by Crippen LogP contribution is 2.29. The molecular formula is C17H29N3. The number of fused-ring (bicyclic) bond motifs is 1. The fourth-order valence-electron chi connectivity index (χ4n) is 2.94. The van der Waals surface area contributed by atoms with E-state index in [4.69, 9.17) is 0 Å². The molecule has 0 aromatic heterocycles. The first-order valence-electron chi connectivity index (χ1n) is 7.81. The van der Waals surface area contributed by atoms with Crippen molar-refractivity contribution in [3.8, 4) is 0 Å². The Hall–Kier alpha value is -1.06. The molecule has 1 unspecified atom stereocenters. The van der Waals surface area contributed by atoms with Gasteiger partial charge in [-0.25, -0.2) is 0 Å². The van der Waals surface area contributed by atoms with Crippen molar-refractivity contribution in [2.45, 2.75) is 32.2 Å². The molecule has 0 spiro atoms. The van der Waals surface area contributed by atoms with E-state index in [0.717, 1.165) is 0 Å². The molecule has 1 aromatic rings. The summed E-state index contributed by atoms with van der Waals surface area (Å²) in [6.07, 6.45) is 3.75. The second-order valence-electron chi connectivity index (χ2n) is 6.15. The van der Waals surface area contributed by atoms with Gasteiger partial charge in [0.2, 0.25) is 0 Å². The highest BCUT2D eigenvalue weighted by Gasteiger charge is 2.17. The molecule has 1 aromatic carbocycles. The lowest BCUT2D eigenvalue weighted by Crippen LogP contribution is -2.32. The Morgan fingerprint density at radius 1 is 1.35 bits per heavy atom. The lowest BCUT2D eigenvalue weighted by molar-refractivity contribution is 0.399. The molecule has 1 N–H and O–H groups in total. The van der Waals surface area contributed by atoms with Crippen molar-refractivity contribution < 1.29 is 0 Å². The van der Waals surface area contributed by atoms with Crippen LogP contribution in [-0.4, -0.2) is 45.7 Å². The van der Waals surface area contributed by atoms with Crippen LogP contribution in [-0.2, 0) is 6.42 Å². The highest BCUT2D eigenvalue weighted by atomic mass is 15.1. The second-order valence-corrected chi connectivity index (χ2v) is 6.15. The molecule has 20 heavy (non-hydrogen) atoms. The van der Waals surface area contributed by atoms with Gasteiger partial charge < -0.3 is 15.1 Å². The molecule has 3 heteroatoms. The molecule has 0 bridgehead atoms. The highest BCUT2D eigenvalue weighted by molar-refractivity contribution is 5.57. The van der Waals surface area contributed by atoms with E-state index in [2.05, 4.69) is 54.3 Å². The minimum Gasteiger partial charge on any atom is -0.371 e. The number of hydrogen-bond donors (Lipinski definition) is 1. The number of hydrogen-bond acceptors (Lipinski definition) is 3. The molecule has 1 heterocycles. The number of rotatable bonds is 6. The molecule has 0 aliphatic carbocycles. The van der Waals surface area contributed by atoms with Crippen LogP contribution in [0.3, 0.4) is 0 Å². The summed E-state index contributed by atoms with van der Waals surface area (Å²) >= 11 is 0. The van der Waals surface area contributed by atoms with Gasteiger partial charge in [-0.1, -0.05) is 12.1 Å². The molecule has 3 nitrogen and oxygen atoms in total. The zero-order valence-electron chi connectivity index (χ0n) is 13.4. The minimum atomic E-state index is 0.435. The summed E-state index contributed by atoms with van der Waals surface area (Å²) in [4.78, 5) is 4.83. The van der Waals surface area contributed by atoms with Gasteiger partial charge in [0.25, 0.3) is 0 Å². The van der Waals surface area contributed by atoms with Crippen molar-refractivity contribution in [2.24, 2.45) is 0 Å². The second kappa shape index (κ2) is 7.09. The van der Waals surface area contributed by atoms with Crippen LogP contribution >= 0.6 is 0 Å². The van der Waals surface area contributed by atoms with Crippen LogP contribution in [0.5, 0.6) is 0 Å². The van der Waals surface area contributed by atoms with Crippen molar-refractivity contribution in [2.75, 3.05) is 45.7 Å². The molecule has 0 fully saturated rings. The number of anilines is 1. The topological polar surface area (TPSA) is 18.5 Å². The number of aryl methyl sites for hydroxylation is 1. The van der Waals surface area contributed by atoms with E-state index in [0.29, 0.717) is 6.04 Å². The summed E-state index contributed by atoms with van der Waals surface area (Å²) in [6, 6.07) is 7.44. The van der Waals surface area contributed by atoms with Gasteiger partial charge in [-0.15, -0.1) is 0 Å². The third kappa shape index (κ3) is 3.74. The summed E-state index contributed by atoms with van der Waals surface area (Å²) in [5, 5.41) is 3.33. The summed E-state index contributed by atoms with van der Waals surface area (Å²) < 4.78 is 0. The van der Waals surface area contributed by atoms with E-state index in [1.807, 2.05) is 7.05 Å². The Bertz CT molecular complexity index is 428. The average Bonchev–Trinajstić information content (AvgIpc) is 2.45. The van der Waals surface area contributed by atoms with Gasteiger partial charge in [0.15, 0.2) is 0 Å². The maximum absolute atomic E-state index is 3.33. The minimum absolute atomic E-state index is 0.435. The van der Waals surface area contributed by atoms with Crippen molar-refractivity contribution in [3.05, 3.63) is 29.3 Å². The Kier molecular flexibility index (Phi) is 5.44. The number of nitrogens with one attached hydrogen (secondary N) is 1. The van der Waals surface area contributed by atoms with E-state index < -0.39 is 0 Å². The van der Waals surface area contributed by atoms with Crippen LogP contribution in [0.1, 0.15) is 36.9 Å². The van der Waals surface area contributed by atoms with Crippen molar-refractivity contribution in [1.82, 2.24) is 10.2 Å². The summed E-state index contributed by atoms with van der Waals surface area (Å²) in [5.41, 5.74) is 4.39. The maximum atomic E-state index is 3.33. The molecular weight excluding hydrogens is 246 g/mol. The quantitative estimate of drug-likeness (QED) is 0.861. The Morgan fingerprint density at radius 3 is 2.85 bits per heavy atom. The number of benzene rings is 1. The Labute approximate surface area is 124 Å². The molecule has 112 valence electrons. The van der Waals surface area contributed by atoms with E-state index in [1.165, 1.54) is 55.7 Å². The maximum Gasteiger partial charge on any atom is 0.0398 e. The molecule has 1 aliphatic rings. The molecule has 1 aliphatic heterocycles. The number of nitrogens with zero attached hydrogens (tertiary/aromatic N) is 2. The normalized spacial score (nSPS) is 16.4.